The SMILES string of the molecule is CCCCC/C(=C/C/C=C/C/C=C/C/C(=C/CCC[C]=O)[N+](=O)[O-])[N+](=O)[O-]. The van der Waals surface area contributed by atoms with Crippen molar-refractivity contribution in [2.45, 2.75) is 71.1 Å². The summed E-state index contributed by atoms with van der Waals surface area (Å²) in [7, 11) is 0. The molecule has 0 atom stereocenters. The molecule has 0 fully saturated rings. The van der Waals surface area contributed by atoms with Crippen LogP contribution in [0.4, 0.5) is 0 Å². The maximum atomic E-state index is 11.0. The van der Waals surface area contributed by atoms with Gasteiger partial charge in [-0.1, -0.05) is 44.1 Å². The Kier molecular flexibility index (Phi) is 15.3. The molecule has 0 aliphatic rings. The van der Waals surface area contributed by atoms with Crippen LogP contribution in [0.5, 0.6) is 0 Å². The Balaban J connectivity index is 4.27. The topological polar surface area (TPSA) is 103 Å². The van der Waals surface area contributed by atoms with Crippen molar-refractivity contribution in [3.8, 4) is 0 Å². The van der Waals surface area contributed by atoms with Crippen LogP contribution < -0.4 is 0 Å². The molecule has 149 valence electrons. The van der Waals surface area contributed by atoms with Gasteiger partial charge >= 0.3 is 0 Å². The standard InChI is InChI=1S/C20H29N2O5/c1-2-3-9-14-19(21(24)25)15-10-6-4-5-7-11-16-20(22(26)27)17-12-8-13-18-23/h4,6-7,11,15,17H,2-3,5,8-10,12-14,16H2,1H3/b6-4+,11-7+,19-15-,20-17-. The van der Waals surface area contributed by atoms with Gasteiger partial charge in [-0.15, -0.1) is 0 Å². The van der Waals surface area contributed by atoms with Gasteiger partial charge in [0, 0.05) is 12.8 Å². The van der Waals surface area contributed by atoms with E-state index in [1.54, 1.807) is 24.5 Å². The van der Waals surface area contributed by atoms with E-state index in [1.165, 1.54) is 0 Å². The third kappa shape index (κ3) is 14.3. The molecule has 0 spiro atoms. The summed E-state index contributed by atoms with van der Waals surface area (Å²) in [4.78, 5) is 31.3. The van der Waals surface area contributed by atoms with Crippen molar-refractivity contribution in [2.75, 3.05) is 0 Å². The van der Waals surface area contributed by atoms with E-state index >= 15 is 0 Å². The normalized spacial score (nSPS) is 12.8. The summed E-state index contributed by atoms with van der Waals surface area (Å²) in [6.45, 7) is 2.06. The molecule has 0 aromatic heterocycles. The van der Waals surface area contributed by atoms with Gasteiger partial charge in [-0.2, -0.15) is 0 Å². The summed E-state index contributed by atoms with van der Waals surface area (Å²) in [6.07, 6.45) is 18.3. The van der Waals surface area contributed by atoms with Gasteiger partial charge in [0.05, 0.1) is 16.3 Å². The monoisotopic (exact) mass is 377 g/mol. The average Bonchev–Trinajstić information content (AvgIpc) is 2.63. The fourth-order valence-corrected chi connectivity index (χ4v) is 2.27. The lowest BCUT2D eigenvalue weighted by Crippen LogP contribution is -1.98. The van der Waals surface area contributed by atoms with E-state index in [9.17, 15) is 25.0 Å². The molecule has 0 amide bonds. The van der Waals surface area contributed by atoms with E-state index in [2.05, 4.69) is 6.92 Å². The van der Waals surface area contributed by atoms with E-state index in [-0.39, 0.29) is 29.2 Å². The van der Waals surface area contributed by atoms with Gasteiger partial charge in [0.15, 0.2) is 6.29 Å². The maximum Gasteiger partial charge on any atom is 0.246 e. The quantitative estimate of drug-likeness (QED) is 0.154. The number of hydrogen-bond acceptors (Lipinski definition) is 5. The molecule has 7 nitrogen and oxygen atoms in total. The highest BCUT2D eigenvalue weighted by molar-refractivity contribution is 5.50. The van der Waals surface area contributed by atoms with Crippen LogP contribution in [0, 0.1) is 20.2 Å². The molecule has 0 aliphatic carbocycles. The minimum absolute atomic E-state index is 0.117. The summed E-state index contributed by atoms with van der Waals surface area (Å²) in [6, 6.07) is 0. The first-order valence-electron chi connectivity index (χ1n) is 9.34. The molecule has 1 radical (unpaired) electrons. The Morgan fingerprint density at radius 3 is 2.19 bits per heavy atom. The van der Waals surface area contributed by atoms with E-state index in [1.807, 2.05) is 18.2 Å². The second-order valence-corrected chi connectivity index (χ2v) is 6.02. The smallest absolute Gasteiger partial charge is 0.246 e. The molecule has 0 heterocycles. The first-order chi connectivity index (χ1) is 13.0. The number of allylic oxidation sites excluding steroid dienone is 7. The van der Waals surface area contributed by atoms with Crippen LogP contribution in [-0.2, 0) is 4.79 Å². The predicted molar refractivity (Wildman–Crippen MR) is 106 cm³/mol. The first kappa shape index (κ1) is 24.4. The molecule has 0 saturated heterocycles. The van der Waals surface area contributed by atoms with Crippen molar-refractivity contribution >= 4 is 6.29 Å². The van der Waals surface area contributed by atoms with E-state index in [0.717, 1.165) is 19.3 Å². The molecule has 7 heteroatoms. The van der Waals surface area contributed by atoms with Gasteiger partial charge in [-0.3, -0.25) is 25.0 Å². The Morgan fingerprint density at radius 1 is 0.889 bits per heavy atom. The van der Waals surface area contributed by atoms with Gasteiger partial charge in [-0.05, 0) is 44.3 Å². The summed E-state index contributed by atoms with van der Waals surface area (Å²) in [5, 5.41) is 21.9. The maximum absolute atomic E-state index is 11.0. The van der Waals surface area contributed by atoms with Crippen LogP contribution in [0.15, 0.2) is 47.9 Å². The minimum Gasteiger partial charge on any atom is -0.291 e. The zero-order chi connectivity index (χ0) is 20.3. The molecule has 0 aliphatic heterocycles. The number of nitrogens with zero attached hydrogens (tertiary/aromatic N) is 2. The molecule has 0 N–H and O–H groups in total. The Labute approximate surface area is 160 Å². The minimum atomic E-state index is -0.409. The van der Waals surface area contributed by atoms with Crippen LogP contribution in [0.25, 0.3) is 0 Å². The number of rotatable bonds is 16. The van der Waals surface area contributed by atoms with Gasteiger partial charge < -0.3 is 0 Å². The Morgan fingerprint density at radius 2 is 1.56 bits per heavy atom. The lowest BCUT2D eigenvalue weighted by molar-refractivity contribution is -0.428. The zero-order valence-electron chi connectivity index (χ0n) is 16.0. The van der Waals surface area contributed by atoms with Crippen molar-refractivity contribution < 1.29 is 14.6 Å². The van der Waals surface area contributed by atoms with Crippen LogP contribution in [0.2, 0.25) is 0 Å². The zero-order valence-corrected chi connectivity index (χ0v) is 16.0. The molecular formula is C20H29N2O5. The van der Waals surface area contributed by atoms with Crippen molar-refractivity contribution in [3.63, 3.8) is 0 Å². The van der Waals surface area contributed by atoms with E-state index in [0.29, 0.717) is 32.1 Å². The highest BCUT2D eigenvalue weighted by Crippen LogP contribution is 2.11. The Hall–Kier alpha value is -2.57. The molecule has 0 unspecified atom stereocenters. The van der Waals surface area contributed by atoms with Crippen LogP contribution in [0.1, 0.15) is 71.1 Å². The largest absolute Gasteiger partial charge is 0.291 e. The van der Waals surface area contributed by atoms with Crippen molar-refractivity contribution in [1.29, 1.82) is 0 Å². The molecule has 0 bridgehead atoms. The highest BCUT2D eigenvalue weighted by atomic mass is 16.6. The predicted octanol–water partition coefficient (Wildman–Crippen LogP) is 5.45. The number of nitro groups is 2. The van der Waals surface area contributed by atoms with Gasteiger partial charge in [0.2, 0.25) is 11.4 Å². The third-order valence-electron chi connectivity index (χ3n) is 3.79. The summed E-state index contributed by atoms with van der Waals surface area (Å²) >= 11 is 0. The molecule has 27 heavy (non-hydrogen) atoms. The van der Waals surface area contributed by atoms with E-state index in [4.69, 9.17) is 0 Å². The second-order valence-electron chi connectivity index (χ2n) is 6.02. The van der Waals surface area contributed by atoms with Crippen molar-refractivity contribution in [1.82, 2.24) is 0 Å². The summed E-state index contributed by atoms with van der Waals surface area (Å²) < 4.78 is 0. The van der Waals surface area contributed by atoms with Gasteiger partial charge in [0.1, 0.15) is 0 Å². The lowest BCUT2D eigenvalue weighted by atomic mass is 10.1. The van der Waals surface area contributed by atoms with E-state index < -0.39 is 4.92 Å². The van der Waals surface area contributed by atoms with Crippen molar-refractivity contribution in [3.05, 3.63) is 68.1 Å². The van der Waals surface area contributed by atoms with Gasteiger partial charge in [0.25, 0.3) is 0 Å². The van der Waals surface area contributed by atoms with Crippen LogP contribution in [0.3, 0.4) is 0 Å². The second kappa shape index (κ2) is 16.9. The number of unbranched alkanes of at least 4 members (excludes halogenated alkanes) is 4. The molecule has 0 saturated carbocycles. The lowest BCUT2D eigenvalue weighted by Gasteiger charge is -1.97. The average molecular weight is 377 g/mol. The highest BCUT2D eigenvalue weighted by Gasteiger charge is 2.08. The fourth-order valence-electron chi connectivity index (χ4n) is 2.27. The van der Waals surface area contributed by atoms with Crippen LogP contribution in [-0.4, -0.2) is 16.1 Å². The van der Waals surface area contributed by atoms with Crippen LogP contribution >= 0.6 is 0 Å². The third-order valence-corrected chi connectivity index (χ3v) is 3.79. The number of hydrogen-bond donors (Lipinski definition) is 0. The van der Waals surface area contributed by atoms with Gasteiger partial charge in [-0.25, -0.2) is 0 Å². The molecule has 0 aromatic rings. The fraction of sp³-hybridized carbons (Fsp3) is 0.550. The molecular weight excluding hydrogens is 348 g/mol. The first-order valence-corrected chi connectivity index (χ1v) is 9.34. The molecule has 0 aromatic carbocycles. The van der Waals surface area contributed by atoms with Crippen molar-refractivity contribution in [2.24, 2.45) is 0 Å². The molecule has 0 rings (SSSR count). The number of carbonyl (C=O) groups excluding carboxylic acids is 1. The summed E-state index contributed by atoms with van der Waals surface area (Å²) in [5.74, 6) is 0. The summed E-state index contributed by atoms with van der Waals surface area (Å²) in [5.41, 5.74) is 0.378. The Bertz CT molecular complexity index is 577.